The number of hydrogen-bond donors (Lipinski definition) is 2. The van der Waals surface area contributed by atoms with Gasteiger partial charge in [0.15, 0.2) is 5.82 Å². The third-order valence-electron chi connectivity index (χ3n) is 6.13. The van der Waals surface area contributed by atoms with Crippen molar-refractivity contribution in [1.29, 1.82) is 0 Å². The average molecular weight is 414 g/mol. The third kappa shape index (κ3) is 3.91. The second-order valence-corrected chi connectivity index (χ2v) is 9.52. The summed E-state index contributed by atoms with van der Waals surface area (Å²) in [5.41, 5.74) is 1.46. The number of morpholine rings is 1. The van der Waals surface area contributed by atoms with Gasteiger partial charge < -0.3 is 19.4 Å². The van der Waals surface area contributed by atoms with Crippen molar-refractivity contribution >= 4 is 27.4 Å². The Kier molecular flexibility index (Phi) is 5.28. The highest BCUT2D eigenvalue weighted by Crippen LogP contribution is 2.40. The van der Waals surface area contributed by atoms with Gasteiger partial charge in [0.25, 0.3) is 0 Å². The number of thiophene rings is 1. The van der Waals surface area contributed by atoms with Crippen LogP contribution in [0.5, 0.6) is 0 Å². The van der Waals surface area contributed by atoms with E-state index in [2.05, 4.69) is 19.2 Å². The Bertz CT molecular complexity index is 979. The molecule has 0 saturated carbocycles. The van der Waals surface area contributed by atoms with Gasteiger partial charge in [-0.2, -0.15) is 0 Å². The maximum Gasteiger partial charge on any atom is 0.187 e. The number of nitrogens with one attached hydrogen (secondary N) is 2. The number of furan rings is 1. The monoisotopic (exact) mass is 413 g/mol. The number of aryl methyl sites for hydroxylation is 1. The van der Waals surface area contributed by atoms with Gasteiger partial charge in [-0.3, -0.25) is 0 Å². The van der Waals surface area contributed by atoms with Gasteiger partial charge in [0.05, 0.1) is 30.9 Å². The number of fused-ring (bicyclic) bond motifs is 3. The Morgan fingerprint density at radius 1 is 1.31 bits per heavy atom. The van der Waals surface area contributed by atoms with Gasteiger partial charge in [-0.25, -0.2) is 9.97 Å². The first-order chi connectivity index (χ1) is 14.2. The highest BCUT2D eigenvalue weighted by molar-refractivity contribution is 7.19. The summed E-state index contributed by atoms with van der Waals surface area (Å²) in [4.78, 5) is 14.2. The number of hydrogen-bond acceptors (Lipinski definition) is 6. The van der Waals surface area contributed by atoms with Crippen LogP contribution in [0.1, 0.15) is 48.3 Å². The molecule has 154 valence electrons. The lowest BCUT2D eigenvalue weighted by Gasteiger charge is -2.23. The van der Waals surface area contributed by atoms with Crippen LogP contribution in [0.15, 0.2) is 22.8 Å². The van der Waals surface area contributed by atoms with Crippen molar-refractivity contribution in [2.45, 2.75) is 45.7 Å². The van der Waals surface area contributed by atoms with Crippen molar-refractivity contribution in [3.05, 3.63) is 40.4 Å². The molecule has 1 aliphatic carbocycles. The Balaban J connectivity index is 1.53. The molecular weight excluding hydrogens is 384 g/mol. The van der Waals surface area contributed by atoms with Crippen molar-refractivity contribution in [3.63, 3.8) is 0 Å². The molecule has 2 N–H and O–H groups in total. The maximum absolute atomic E-state index is 5.62. The summed E-state index contributed by atoms with van der Waals surface area (Å²) < 4.78 is 11.1. The van der Waals surface area contributed by atoms with E-state index in [1.165, 1.54) is 27.1 Å². The van der Waals surface area contributed by atoms with E-state index in [-0.39, 0.29) is 6.04 Å². The molecule has 1 saturated heterocycles. The lowest BCUT2D eigenvalue weighted by molar-refractivity contribution is -0.922. The highest BCUT2D eigenvalue weighted by atomic mass is 32.1. The molecule has 0 aromatic carbocycles. The second-order valence-electron chi connectivity index (χ2n) is 8.44. The molecule has 1 aliphatic heterocycles. The number of aromatic nitrogens is 2. The van der Waals surface area contributed by atoms with Crippen LogP contribution < -0.4 is 10.2 Å². The summed E-state index contributed by atoms with van der Waals surface area (Å²) >= 11 is 1.87. The summed E-state index contributed by atoms with van der Waals surface area (Å²) in [6.07, 6.45) is 5.25. The lowest BCUT2D eigenvalue weighted by atomic mass is 9.89. The van der Waals surface area contributed by atoms with E-state index < -0.39 is 0 Å². The third-order valence-corrected chi connectivity index (χ3v) is 7.28. The number of anilines is 1. The van der Waals surface area contributed by atoms with E-state index in [0.29, 0.717) is 0 Å². The quantitative estimate of drug-likeness (QED) is 0.673. The van der Waals surface area contributed by atoms with Crippen LogP contribution in [0.25, 0.3) is 10.2 Å². The zero-order valence-corrected chi connectivity index (χ0v) is 18.0. The molecule has 5 rings (SSSR count). The van der Waals surface area contributed by atoms with Gasteiger partial charge in [0.2, 0.25) is 0 Å². The minimum atomic E-state index is 0.0600. The number of nitrogens with zero attached hydrogens (tertiary/aromatic N) is 2. The summed E-state index contributed by atoms with van der Waals surface area (Å²) in [5.74, 6) is 3.57. The number of rotatable bonds is 5. The van der Waals surface area contributed by atoms with Crippen molar-refractivity contribution < 1.29 is 14.1 Å². The van der Waals surface area contributed by atoms with Gasteiger partial charge in [0.1, 0.15) is 36.0 Å². The molecule has 29 heavy (non-hydrogen) atoms. The molecule has 3 aromatic heterocycles. The molecule has 1 fully saturated rings. The van der Waals surface area contributed by atoms with Crippen molar-refractivity contribution in [3.8, 4) is 0 Å². The SMILES string of the molecule is C[C@H]1CCc2c(sc3nc(C[NH+]4CCOCC4)nc(N[C@@H](C)c4ccco4)c23)C1. The maximum atomic E-state index is 5.62. The zero-order chi connectivity index (χ0) is 19.8. The van der Waals surface area contributed by atoms with E-state index in [0.717, 1.165) is 73.8 Å². The van der Waals surface area contributed by atoms with Gasteiger partial charge in [0, 0.05) is 4.88 Å². The minimum absolute atomic E-state index is 0.0600. The largest absolute Gasteiger partial charge is 0.467 e. The smallest absolute Gasteiger partial charge is 0.187 e. The van der Waals surface area contributed by atoms with Crippen LogP contribution in [0.3, 0.4) is 0 Å². The number of ether oxygens (including phenoxy) is 1. The molecule has 0 amide bonds. The standard InChI is InChI=1S/C22H28N4O2S/c1-14-5-6-16-18(12-14)29-22-20(16)21(23-15(2)17-4-3-9-28-17)24-19(25-22)13-26-7-10-27-11-8-26/h3-4,9,14-15H,5-8,10-13H2,1-2H3,(H,23,24,25)/p+1/t14-,15-/m0/s1. The minimum Gasteiger partial charge on any atom is -0.467 e. The van der Waals surface area contributed by atoms with Crippen LogP contribution in [-0.4, -0.2) is 36.3 Å². The molecule has 0 bridgehead atoms. The van der Waals surface area contributed by atoms with Crippen LogP contribution in [0.4, 0.5) is 5.82 Å². The molecule has 0 radical (unpaired) electrons. The van der Waals surface area contributed by atoms with Crippen LogP contribution in [0, 0.1) is 5.92 Å². The molecule has 7 heteroatoms. The van der Waals surface area contributed by atoms with Gasteiger partial charge >= 0.3 is 0 Å². The summed E-state index contributed by atoms with van der Waals surface area (Å²) in [6, 6.07) is 4.01. The van der Waals surface area contributed by atoms with Gasteiger partial charge in [-0.1, -0.05) is 6.92 Å². The molecule has 4 heterocycles. The molecule has 3 aromatic rings. The first kappa shape index (κ1) is 19.0. The molecule has 2 atom stereocenters. The molecule has 6 nitrogen and oxygen atoms in total. The van der Waals surface area contributed by atoms with E-state index in [9.17, 15) is 0 Å². The summed E-state index contributed by atoms with van der Waals surface area (Å²) in [6.45, 7) is 9.01. The molecule has 0 spiro atoms. The Morgan fingerprint density at radius 3 is 2.97 bits per heavy atom. The fraction of sp³-hybridized carbons (Fsp3) is 0.545. The van der Waals surface area contributed by atoms with Crippen LogP contribution >= 0.6 is 11.3 Å². The first-order valence-corrected chi connectivity index (χ1v) is 11.5. The molecule has 0 unspecified atom stereocenters. The summed E-state index contributed by atoms with van der Waals surface area (Å²) in [5, 5.41) is 4.87. The van der Waals surface area contributed by atoms with Crippen molar-refractivity contribution in [2.24, 2.45) is 5.92 Å². The van der Waals surface area contributed by atoms with Crippen LogP contribution in [-0.2, 0) is 24.1 Å². The van der Waals surface area contributed by atoms with Crippen molar-refractivity contribution in [2.75, 3.05) is 31.6 Å². The van der Waals surface area contributed by atoms with E-state index in [4.69, 9.17) is 19.1 Å². The van der Waals surface area contributed by atoms with Gasteiger partial charge in [-0.15, -0.1) is 11.3 Å². The predicted molar refractivity (Wildman–Crippen MR) is 115 cm³/mol. The topological polar surface area (TPSA) is 64.6 Å². The molecule has 2 aliphatic rings. The van der Waals surface area contributed by atoms with E-state index >= 15 is 0 Å². The first-order valence-electron chi connectivity index (χ1n) is 10.7. The molecular formula is C22H29N4O2S+. The van der Waals surface area contributed by atoms with E-state index in [1.807, 2.05) is 23.5 Å². The van der Waals surface area contributed by atoms with Crippen LogP contribution in [0.2, 0.25) is 0 Å². The Hall–Kier alpha value is -1.96. The Labute approximate surface area is 175 Å². The van der Waals surface area contributed by atoms with Gasteiger partial charge in [-0.05, 0) is 49.8 Å². The highest BCUT2D eigenvalue weighted by Gasteiger charge is 2.26. The number of quaternary nitrogens is 1. The van der Waals surface area contributed by atoms with E-state index in [1.54, 1.807) is 6.26 Å². The fourth-order valence-electron chi connectivity index (χ4n) is 4.44. The zero-order valence-electron chi connectivity index (χ0n) is 17.2. The van der Waals surface area contributed by atoms with Crippen molar-refractivity contribution in [1.82, 2.24) is 9.97 Å². The summed E-state index contributed by atoms with van der Waals surface area (Å²) in [7, 11) is 0. The lowest BCUT2D eigenvalue weighted by Crippen LogP contribution is -3.12. The fourth-order valence-corrected chi connectivity index (χ4v) is 5.85. The average Bonchev–Trinajstić information content (AvgIpc) is 3.36. The normalized spacial score (nSPS) is 21.2. The second kappa shape index (κ2) is 8.05. The Morgan fingerprint density at radius 2 is 2.17 bits per heavy atom. The predicted octanol–water partition coefficient (Wildman–Crippen LogP) is 3.00.